The van der Waals surface area contributed by atoms with Crippen molar-refractivity contribution in [1.82, 2.24) is 20.0 Å². The van der Waals surface area contributed by atoms with E-state index in [-0.39, 0.29) is 0 Å². The van der Waals surface area contributed by atoms with Gasteiger partial charge in [0.05, 0.1) is 6.54 Å². The smallest absolute Gasteiger partial charge is 0.241 e. The van der Waals surface area contributed by atoms with Crippen LogP contribution in [0.5, 0.6) is 0 Å². The summed E-state index contributed by atoms with van der Waals surface area (Å²) in [4.78, 5) is 10.9. The molecule has 1 aliphatic rings. The summed E-state index contributed by atoms with van der Waals surface area (Å²) in [5, 5.41) is 4.06. The van der Waals surface area contributed by atoms with Crippen molar-refractivity contribution in [1.29, 1.82) is 0 Å². The zero-order chi connectivity index (χ0) is 15.6. The number of hydrogen-bond donors (Lipinski definition) is 0. The van der Waals surface area contributed by atoms with Gasteiger partial charge in [-0.1, -0.05) is 29.4 Å². The molecule has 1 atom stereocenters. The molecular weight excluding hydrogens is 288 g/mol. The molecule has 0 spiro atoms. The lowest BCUT2D eigenvalue weighted by molar-refractivity contribution is 0.204. The van der Waals surface area contributed by atoms with Gasteiger partial charge >= 0.3 is 0 Å². The normalized spacial score (nSPS) is 16.7. The number of aromatic nitrogens is 3. The van der Waals surface area contributed by atoms with Gasteiger partial charge < -0.3 is 4.52 Å². The topological polar surface area (TPSA) is 55.1 Å². The molecule has 1 aliphatic carbocycles. The second-order valence-electron chi connectivity index (χ2n) is 5.92. The van der Waals surface area contributed by atoms with Gasteiger partial charge in [0.25, 0.3) is 0 Å². The number of pyridine rings is 1. The highest BCUT2D eigenvalue weighted by Gasteiger charge is 2.26. The maximum absolute atomic E-state index is 5.41. The van der Waals surface area contributed by atoms with Gasteiger partial charge in [0.1, 0.15) is 0 Å². The molecule has 5 nitrogen and oxygen atoms in total. The van der Waals surface area contributed by atoms with E-state index in [1.165, 1.54) is 11.1 Å². The molecule has 2 heterocycles. The molecule has 3 aromatic rings. The Morgan fingerprint density at radius 1 is 1.22 bits per heavy atom. The van der Waals surface area contributed by atoms with E-state index >= 15 is 0 Å². The fraction of sp³-hybridized carbons (Fsp3) is 0.278. The fourth-order valence-corrected chi connectivity index (χ4v) is 3.25. The van der Waals surface area contributed by atoms with Gasteiger partial charge in [-0.3, -0.25) is 9.88 Å². The van der Waals surface area contributed by atoms with Crippen molar-refractivity contribution in [2.75, 3.05) is 7.05 Å². The third-order valence-electron chi connectivity index (χ3n) is 4.41. The van der Waals surface area contributed by atoms with Crippen LogP contribution in [0.4, 0.5) is 0 Å². The molecule has 0 fully saturated rings. The SMILES string of the molecule is CN(Cc1nc(-c2cccnc2)no1)C1CCc2ccccc21. The van der Waals surface area contributed by atoms with E-state index in [4.69, 9.17) is 4.52 Å². The van der Waals surface area contributed by atoms with Crippen LogP contribution >= 0.6 is 0 Å². The average molecular weight is 306 g/mol. The molecule has 0 bridgehead atoms. The molecule has 0 radical (unpaired) electrons. The van der Waals surface area contributed by atoms with Crippen molar-refractivity contribution < 1.29 is 4.52 Å². The molecule has 0 amide bonds. The Labute approximate surface area is 135 Å². The maximum Gasteiger partial charge on any atom is 0.241 e. The molecule has 5 heteroatoms. The largest absolute Gasteiger partial charge is 0.338 e. The standard InChI is InChI=1S/C18H18N4O/c1-22(16-9-8-13-5-2-3-7-15(13)16)12-17-20-18(21-23-17)14-6-4-10-19-11-14/h2-7,10-11,16H,8-9,12H2,1H3. The van der Waals surface area contributed by atoms with Gasteiger partial charge in [0.2, 0.25) is 11.7 Å². The molecule has 0 aliphatic heterocycles. The highest BCUT2D eigenvalue weighted by molar-refractivity contribution is 5.51. The minimum absolute atomic E-state index is 0.417. The fourth-order valence-electron chi connectivity index (χ4n) is 3.25. The van der Waals surface area contributed by atoms with E-state index in [9.17, 15) is 0 Å². The summed E-state index contributed by atoms with van der Waals surface area (Å²) >= 11 is 0. The van der Waals surface area contributed by atoms with Gasteiger partial charge in [-0.05, 0) is 43.1 Å². The summed E-state index contributed by atoms with van der Waals surface area (Å²) in [7, 11) is 2.11. The highest BCUT2D eigenvalue weighted by Crippen LogP contribution is 2.35. The van der Waals surface area contributed by atoms with Crippen LogP contribution in [-0.2, 0) is 13.0 Å². The third kappa shape index (κ3) is 2.75. The van der Waals surface area contributed by atoms with Gasteiger partial charge in [0, 0.05) is 24.0 Å². The molecule has 0 saturated heterocycles. The molecule has 23 heavy (non-hydrogen) atoms. The third-order valence-corrected chi connectivity index (χ3v) is 4.41. The number of fused-ring (bicyclic) bond motifs is 1. The van der Waals surface area contributed by atoms with E-state index < -0.39 is 0 Å². The first-order valence-electron chi connectivity index (χ1n) is 7.82. The molecule has 116 valence electrons. The summed E-state index contributed by atoms with van der Waals surface area (Å²) in [6.07, 6.45) is 5.75. The second-order valence-corrected chi connectivity index (χ2v) is 5.92. The van der Waals surface area contributed by atoms with Crippen molar-refractivity contribution in [3.8, 4) is 11.4 Å². The molecule has 2 aromatic heterocycles. The first-order chi connectivity index (χ1) is 11.3. The predicted octanol–water partition coefficient (Wildman–Crippen LogP) is 3.25. The Kier molecular flexibility index (Phi) is 3.63. The molecule has 0 saturated carbocycles. The van der Waals surface area contributed by atoms with Crippen LogP contribution in [0, 0.1) is 0 Å². The summed E-state index contributed by atoms with van der Waals surface area (Å²) in [5.41, 5.74) is 3.74. The zero-order valence-electron chi connectivity index (χ0n) is 13.0. The minimum Gasteiger partial charge on any atom is -0.338 e. The van der Waals surface area contributed by atoms with Crippen LogP contribution in [0.15, 0.2) is 53.3 Å². The monoisotopic (exact) mass is 306 g/mol. The summed E-state index contributed by atoms with van der Waals surface area (Å²) < 4.78 is 5.41. The Morgan fingerprint density at radius 3 is 3.00 bits per heavy atom. The van der Waals surface area contributed by atoms with Crippen molar-refractivity contribution in [2.24, 2.45) is 0 Å². The van der Waals surface area contributed by atoms with Crippen LogP contribution in [0.1, 0.15) is 29.5 Å². The van der Waals surface area contributed by atoms with Crippen molar-refractivity contribution in [3.05, 3.63) is 65.8 Å². The second kappa shape index (κ2) is 5.93. The lowest BCUT2D eigenvalue weighted by atomic mass is 10.1. The van der Waals surface area contributed by atoms with Gasteiger partial charge in [-0.2, -0.15) is 4.98 Å². The molecule has 0 N–H and O–H groups in total. The highest BCUT2D eigenvalue weighted by atomic mass is 16.5. The van der Waals surface area contributed by atoms with Gasteiger partial charge in [-0.25, -0.2) is 0 Å². The number of aryl methyl sites for hydroxylation is 1. The number of rotatable bonds is 4. The molecular formula is C18H18N4O. The minimum atomic E-state index is 0.417. The zero-order valence-corrected chi connectivity index (χ0v) is 13.0. The Bertz CT molecular complexity index is 800. The van der Waals surface area contributed by atoms with Gasteiger partial charge in [-0.15, -0.1) is 0 Å². The van der Waals surface area contributed by atoms with Crippen LogP contribution in [-0.4, -0.2) is 27.1 Å². The Morgan fingerprint density at radius 2 is 2.13 bits per heavy atom. The van der Waals surface area contributed by atoms with E-state index in [0.717, 1.165) is 18.4 Å². The van der Waals surface area contributed by atoms with E-state index in [1.807, 2.05) is 12.1 Å². The Hall–Kier alpha value is -2.53. The molecule has 4 rings (SSSR count). The number of hydrogen-bond acceptors (Lipinski definition) is 5. The lowest BCUT2D eigenvalue weighted by Crippen LogP contribution is -2.22. The number of benzene rings is 1. The lowest BCUT2D eigenvalue weighted by Gasteiger charge is -2.23. The molecule has 1 aromatic carbocycles. The predicted molar refractivity (Wildman–Crippen MR) is 86.5 cm³/mol. The van der Waals surface area contributed by atoms with Crippen LogP contribution in [0.2, 0.25) is 0 Å². The van der Waals surface area contributed by atoms with E-state index in [1.54, 1.807) is 12.4 Å². The maximum atomic E-state index is 5.41. The summed E-state index contributed by atoms with van der Waals surface area (Å²) in [5.74, 6) is 1.23. The van der Waals surface area contributed by atoms with Crippen molar-refractivity contribution in [3.63, 3.8) is 0 Å². The van der Waals surface area contributed by atoms with Crippen LogP contribution in [0.25, 0.3) is 11.4 Å². The Balaban J connectivity index is 1.50. The number of nitrogens with zero attached hydrogens (tertiary/aromatic N) is 4. The van der Waals surface area contributed by atoms with E-state index in [0.29, 0.717) is 24.3 Å². The van der Waals surface area contributed by atoms with E-state index in [2.05, 4.69) is 51.3 Å². The quantitative estimate of drug-likeness (QED) is 0.740. The van der Waals surface area contributed by atoms with Crippen molar-refractivity contribution >= 4 is 0 Å². The van der Waals surface area contributed by atoms with Crippen LogP contribution in [0.3, 0.4) is 0 Å². The first-order valence-corrected chi connectivity index (χ1v) is 7.82. The van der Waals surface area contributed by atoms with Crippen molar-refractivity contribution in [2.45, 2.75) is 25.4 Å². The summed E-state index contributed by atoms with van der Waals surface area (Å²) in [6, 6.07) is 12.9. The van der Waals surface area contributed by atoms with Crippen LogP contribution < -0.4 is 0 Å². The summed E-state index contributed by atoms with van der Waals surface area (Å²) in [6.45, 7) is 0.645. The van der Waals surface area contributed by atoms with Gasteiger partial charge in [0.15, 0.2) is 0 Å². The average Bonchev–Trinajstić information content (AvgIpc) is 3.22. The first kappa shape index (κ1) is 14.1. The molecule has 1 unspecified atom stereocenters.